The van der Waals surface area contributed by atoms with Crippen molar-refractivity contribution in [1.82, 2.24) is 4.90 Å². The lowest BCUT2D eigenvalue weighted by Gasteiger charge is -2.18. The Kier molecular flexibility index (Phi) is 6.01. The summed E-state index contributed by atoms with van der Waals surface area (Å²) in [6, 6.07) is 15.4. The highest BCUT2D eigenvalue weighted by molar-refractivity contribution is 5.95. The molecular formula is C22H28N2O3. The van der Waals surface area contributed by atoms with Crippen LogP contribution in [0.2, 0.25) is 0 Å². The molecule has 2 N–H and O–H groups in total. The Hall–Kier alpha value is -2.53. The molecule has 2 aromatic rings. The van der Waals surface area contributed by atoms with Crippen molar-refractivity contribution >= 4 is 5.91 Å². The van der Waals surface area contributed by atoms with Crippen molar-refractivity contribution in [1.29, 1.82) is 0 Å². The standard InChI is InChI=1S/C22H28N2O3/c1-15(2)14-27-20-10-9-17(11-21(20)26-3)22(25)24-12-18(19(23)13-24)16-7-5-4-6-8-16/h4-11,15,18-19H,12-14,23H2,1-3H3/t18-,19+/m0/s1. The zero-order valence-electron chi connectivity index (χ0n) is 16.2. The number of nitrogens with zero attached hydrogens (tertiary/aromatic N) is 1. The Morgan fingerprint density at radius 3 is 2.56 bits per heavy atom. The van der Waals surface area contributed by atoms with Crippen LogP contribution in [0.1, 0.15) is 35.7 Å². The zero-order chi connectivity index (χ0) is 19.4. The van der Waals surface area contributed by atoms with Crippen LogP contribution < -0.4 is 15.2 Å². The Bertz CT molecular complexity index is 776. The van der Waals surface area contributed by atoms with E-state index in [1.807, 2.05) is 23.1 Å². The zero-order valence-corrected chi connectivity index (χ0v) is 16.2. The summed E-state index contributed by atoms with van der Waals surface area (Å²) in [6.45, 7) is 5.95. The summed E-state index contributed by atoms with van der Waals surface area (Å²) in [4.78, 5) is 14.8. The molecule has 5 nitrogen and oxygen atoms in total. The minimum Gasteiger partial charge on any atom is -0.493 e. The van der Waals surface area contributed by atoms with Crippen molar-refractivity contribution in [2.24, 2.45) is 11.7 Å². The smallest absolute Gasteiger partial charge is 0.254 e. The van der Waals surface area contributed by atoms with Gasteiger partial charge in [0.2, 0.25) is 0 Å². The molecule has 0 spiro atoms. The number of ether oxygens (including phenoxy) is 2. The highest BCUT2D eigenvalue weighted by Gasteiger charge is 2.34. The van der Waals surface area contributed by atoms with Gasteiger partial charge >= 0.3 is 0 Å². The maximum absolute atomic E-state index is 13.0. The van der Waals surface area contributed by atoms with Gasteiger partial charge in [-0.15, -0.1) is 0 Å². The van der Waals surface area contributed by atoms with Crippen LogP contribution in [0.4, 0.5) is 0 Å². The Balaban J connectivity index is 1.74. The normalized spacial score (nSPS) is 19.4. The summed E-state index contributed by atoms with van der Waals surface area (Å²) >= 11 is 0. The van der Waals surface area contributed by atoms with Gasteiger partial charge in [0.1, 0.15) is 0 Å². The molecule has 1 aliphatic rings. The molecule has 0 bridgehead atoms. The topological polar surface area (TPSA) is 64.8 Å². The number of carbonyl (C=O) groups excluding carboxylic acids is 1. The number of benzene rings is 2. The van der Waals surface area contributed by atoms with E-state index in [0.29, 0.717) is 42.7 Å². The van der Waals surface area contributed by atoms with Crippen LogP contribution in [-0.2, 0) is 0 Å². The summed E-state index contributed by atoms with van der Waals surface area (Å²) in [7, 11) is 1.59. The SMILES string of the molecule is COc1cc(C(=O)N2C[C@@H](N)[C@H](c3ccccc3)C2)ccc1OCC(C)C. The average molecular weight is 368 g/mol. The molecule has 0 radical (unpaired) electrons. The molecule has 2 aromatic carbocycles. The maximum Gasteiger partial charge on any atom is 0.254 e. The van der Waals surface area contributed by atoms with Gasteiger partial charge in [-0.25, -0.2) is 0 Å². The second kappa shape index (κ2) is 8.44. The molecule has 2 atom stereocenters. The molecule has 27 heavy (non-hydrogen) atoms. The van der Waals surface area contributed by atoms with Crippen LogP contribution in [0, 0.1) is 5.92 Å². The molecule has 0 unspecified atom stereocenters. The first kappa shape index (κ1) is 19.2. The number of carbonyl (C=O) groups is 1. The first-order chi connectivity index (χ1) is 13.0. The first-order valence-corrected chi connectivity index (χ1v) is 9.40. The van der Waals surface area contributed by atoms with Gasteiger partial charge in [0.15, 0.2) is 11.5 Å². The lowest BCUT2D eigenvalue weighted by Crippen LogP contribution is -2.32. The second-order valence-corrected chi connectivity index (χ2v) is 7.46. The lowest BCUT2D eigenvalue weighted by atomic mass is 9.95. The largest absolute Gasteiger partial charge is 0.493 e. The summed E-state index contributed by atoms with van der Waals surface area (Å²) in [6.07, 6.45) is 0. The number of amides is 1. The van der Waals surface area contributed by atoms with Crippen LogP contribution in [0.15, 0.2) is 48.5 Å². The van der Waals surface area contributed by atoms with E-state index in [0.717, 1.165) is 0 Å². The molecular weight excluding hydrogens is 340 g/mol. The number of hydrogen-bond acceptors (Lipinski definition) is 4. The average Bonchev–Trinajstić information content (AvgIpc) is 3.08. The van der Waals surface area contributed by atoms with Crippen molar-refractivity contribution in [2.75, 3.05) is 26.8 Å². The highest BCUT2D eigenvalue weighted by Crippen LogP contribution is 2.31. The number of methoxy groups -OCH3 is 1. The van der Waals surface area contributed by atoms with Gasteiger partial charge in [-0.1, -0.05) is 44.2 Å². The van der Waals surface area contributed by atoms with Gasteiger partial charge in [0.25, 0.3) is 5.91 Å². The van der Waals surface area contributed by atoms with Gasteiger partial charge in [-0.3, -0.25) is 4.79 Å². The van der Waals surface area contributed by atoms with E-state index in [9.17, 15) is 4.79 Å². The molecule has 1 aliphatic heterocycles. The van der Waals surface area contributed by atoms with Crippen molar-refractivity contribution in [3.05, 3.63) is 59.7 Å². The predicted molar refractivity (Wildman–Crippen MR) is 106 cm³/mol. The van der Waals surface area contributed by atoms with Crippen LogP contribution in [-0.4, -0.2) is 43.7 Å². The van der Waals surface area contributed by atoms with E-state index in [1.54, 1.807) is 25.3 Å². The summed E-state index contributed by atoms with van der Waals surface area (Å²) < 4.78 is 11.2. The number of likely N-dealkylation sites (tertiary alicyclic amines) is 1. The van der Waals surface area contributed by atoms with E-state index in [-0.39, 0.29) is 17.9 Å². The monoisotopic (exact) mass is 368 g/mol. The summed E-state index contributed by atoms with van der Waals surface area (Å²) in [5, 5.41) is 0. The van der Waals surface area contributed by atoms with Gasteiger partial charge in [0, 0.05) is 30.6 Å². The van der Waals surface area contributed by atoms with Crippen LogP contribution in [0.5, 0.6) is 11.5 Å². The van der Waals surface area contributed by atoms with E-state index in [2.05, 4.69) is 26.0 Å². The second-order valence-electron chi connectivity index (χ2n) is 7.46. The fourth-order valence-corrected chi connectivity index (χ4v) is 3.41. The predicted octanol–water partition coefficient (Wildman–Crippen LogP) is 3.30. The first-order valence-electron chi connectivity index (χ1n) is 9.40. The van der Waals surface area contributed by atoms with Crippen LogP contribution in [0.25, 0.3) is 0 Å². The van der Waals surface area contributed by atoms with E-state index in [4.69, 9.17) is 15.2 Å². The molecule has 3 rings (SSSR count). The number of nitrogens with two attached hydrogens (primary N) is 1. The molecule has 0 aromatic heterocycles. The fourth-order valence-electron chi connectivity index (χ4n) is 3.41. The van der Waals surface area contributed by atoms with Gasteiger partial charge in [-0.05, 0) is 29.7 Å². The molecule has 1 saturated heterocycles. The Labute approximate surface area is 161 Å². The minimum atomic E-state index is -0.0631. The third-order valence-corrected chi connectivity index (χ3v) is 4.86. The molecule has 1 amide bonds. The van der Waals surface area contributed by atoms with Crippen LogP contribution in [0.3, 0.4) is 0 Å². The Morgan fingerprint density at radius 2 is 1.89 bits per heavy atom. The van der Waals surface area contributed by atoms with Crippen molar-refractivity contribution in [3.63, 3.8) is 0 Å². The number of hydrogen-bond donors (Lipinski definition) is 1. The molecule has 1 fully saturated rings. The summed E-state index contributed by atoms with van der Waals surface area (Å²) in [5.74, 6) is 1.77. The molecule has 5 heteroatoms. The van der Waals surface area contributed by atoms with Gasteiger partial charge in [0.05, 0.1) is 13.7 Å². The highest BCUT2D eigenvalue weighted by atomic mass is 16.5. The van der Waals surface area contributed by atoms with E-state index in [1.165, 1.54) is 5.56 Å². The fraction of sp³-hybridized carbons (Fsp3) is 0.409. The van der Waals surface area contributed by atoms with E-state index < -0.39 is 0 Å². The molecule has 0 aliphatic carbocycles. The van der Waals surface area contributed by atoms with E-state index >= 15 is 0 Å². The molecule has 1 heterocycles. The Morgan fingerprint density at radius 1 is 1.15 bits per heavy atom. The molecule has 144 valence electrons. The number of rotatable bonds is 6. The minimum absolute atomic E-state index is 0.0300. The third-order valence-electron chi connectivity index (χ3n) is 4.86. The quantitative estimate of drug-likeness (QED) is 0.850. The molecule has 0 saturated carbocycles. The van der Waals surface area contributed by atoms with Crippen molar-refractivity contribution < 1.29 is 14.3 Å². The van der Waals surface area contributed by atoms with Crippen molar-refractivity contribution in [3.8, 4) is 11.5 Å². The third kappa shape index (κ3) is 4.42. The maximum atomic E-state index is 13.0. The van der Waals surface area contributed by atoms with Crippen molar-refractivity contribution in [2.45, 2.75) is 25.8 Å². The van der Waals surface area contributed by atoms with Gasteiger partial charge < -0.3 is 20.1 Å². The summed E-state index contributed by atoms with van der Waals surface area (Å²) in [5.41, 5.74) is 8.09. The van der Waals surface area contributed by atoms with Gasteiger partial charge in [-0.2, -0.15) is 0 Å². The van der Waals surface area contributed by atoms with Crippen LogP contribution >= 0.6 is 0 Å². The lowest BCUT2D eigenvalue weighted by molar-refractivity contribution is 0.0788.